The van der Waals surface area contributed by atoms with Crippen LogP contribution in [0.2, 0.25) is 0 Å². The van der Waals surface area contributed by atoms with Crippen molar-refractivity contribution in [2.75, 3.05) is 13.1 Å². The second-order valence-electron chi connectivity index (χ2n) is 5.83. The van der Waals surface area contributed by atoms with Gasteiger partial charge in [0.2, 0.25) is 0 Å². The van der Waals surface area contributed by atoms with Crippen molar-refractivity contribution < 1.29 is 9.21 Å². The number of furan rings is 1. The molecule has 0 saturated carbocycles. The van der Waals surface area contributed by atoms with Crippen LogP contribution in [0.15, 0.2) is 47.3 Å². The molecule has 7 heteroatoms. The summed E-state index contributed by atoms with van der Waals surface area (Å²) < 4.78 is 5.19. The number of carbonyl (C=O) groups is 1. The van der Waals surface area contributed by atoms with Gasteiger partial charge in [0.1, 0.15) is 5.82 Å². The van der Waals surface area contributed by atoms with E-state index in [0.29, 0.717) is 24.7 Å². The molecule has 0 unspecified atom stereocenters. The highest BCUT2D eigenvalue weighted by Crippen LogP contribution is 2.27. The molecule has 0 spiro atoms. The first kappa shape index (κ1) is 14.6. The van der Waals surface area contributed by atoms with Crippen molar-refractivity contribution in [3.05, 3.63) is 54.5 Å². The lowest BCUT2D eigenvalue weighted by Crippen LogP contribution is -2.37. The average Bonchev–Trinajstić information content (AvgIpc) is 3.34. The molecule has 4 rings (SSSR count). The molecule has 0 aromatic carbocycles. The summed E-state index contributed by atoms with van der Waals surface area (Å²) in [5.74, 6) is 2.16. The van der Waals surface area contributed by atoms with Gasteiger partial charge in [0.05, 0.1) is 6.26 Å². The lowest BCUT2D eigenvalue weighted by molar-refractivity contribution is 0.0679. The molecule has 4 heterocycles. The van der Waals surface area contributed by atoms with E-state index in [4.69, 9.17) is 4.42 Å². The summed E-state index contributed by atoms with van der Waals surface area (Å²) in [6.07, 6.45) is 6.71. The summed E-state index contributed by atoms with van der Waals surface area (Å²) in [5, 5.41) is 7.32. The van der Waals surface area contributed by atoms with Gasteiger partial charge in [0.25, 0.3) is 5.91 Å². The first-order chi connectivity index (χ1) is 11.8. The largest absolute Gasteiger partial charge is 0.459 e. The van der Waals surface area contributed by atoms with Crippen LogP contribution in [0.1, 0.15) is 35.1 Å². The fourth-order valence-corrected chi connectivity index (χ4v) is 2.99. The molecule has 1 aliphatic rings. The molecule has 7 nitrogen and oxygen atoms in total. The third kappa shape index (κ3) is 2.80. The van der Waals surface area contributed by atoms with Crippen LogP contribution in [-0.4, -0.2) is 44.1 Å². The van der Waals surface area contributed by atoms with E-state index in [0.717, 1.165) is 24.2 Å². The molecular weight excluding hydrogens is 306 g/mol. The predicted molar refractivity (Wildman–Crippen MR) is 86.2 cm³/mol. The number of amides is 1. The molecule has 1 saturated heterocycles. The summed E-state index contributed by atoms with van der Waals surface area (Å²) in [6, 6.07) is 7.23. The number of rotatable bonds is 3. The van der Waals surface area contributed by atoms with Crippen molar-refractivity contribution in [2.45, 2.75) is 18.8 Å². The first-order valence-corrected chi connectivity index (χ1v) is 7.97. The zero-order valence-corrected chi connectivity index (χ0v) is 13.1. The van der Waals surface area contributed by atoms with Crippen LogP contribution < -0.4 is 0 Å². The molecule has 0 atom stereocenters. The lowest BCUT2D eigenvalue weighted by atomic mass is 9.96. The van der Waals surface area contributed by atoms with E-state index in [-0.39, 0.29) is 11.8 Å². The molecule has 122 valence electrons. The van der Waals surface area contributed by atoms with Crippen molar-refractivity contribution >= 4 is 5.91 Å². The van der Waals surface area contributed by atoms with Crippen molar-refractivity contribution in [3.8, 4) is 11.4 Å². The second kappa shape index (κ2) is 6.27. The van der Waals surface area contributed by atoms with Gasteiger partial charge in [-0.25, -0.2) is 4.98 Å². The number of aromatic amines is 1. The number of hydrogen-bond acceptors (Lipinski definition) is 5. The summed E-state index contributed by atoms with van der Waals surface area (Å²) in [4.78, 5) is 22.8. The highest BCUT2D eigenvalue weighted by atomic mass is 16.3. The van der Waals surface area contributed by atoms with E-state index in [9.17, 15) is 4.79 Å². The maximum atomic E-state index is 12.3. The smallest absolute Gasteiger partial charge is 0.289 e. The Hall–Kier alpha value is -2.96. The topological polar surface area (TPSA) is 87.9 Å². The van der Waals surface area contributed by atoms with E-state index >= 15 is 0 Å². The van der Waals surface area contributed by atoms with Gasteiger partial charge < -0.3 is 9.32 Å². The first-order valence-electron chi connectivity index (χ1n) is 7.97. The van der Waals surface area contributed by atoms with Crippen LogP contribution in [0, 0.1) is 0 Å². The summed E-state index contributed by atoms with van der Waals surface area (Å²) in [7, 11) is 0. The fraction of sp³-hybridized carbons (Fsp3) is 0.294. The highest BCUT2D eigenvalue weighted by Gasteiger charge is 2.27. The maximum Gasteiger partial charge on any atom is 0.289 e. The van der Waals surface area contributed by atoms with E-state index < -0.39 is 0 Å². The van der Waals surface area contributed by atoms with Gasteiger partial charge >= 0.3 is 0 Å². The molecule has 24 heavy (non-hydrogen) atoms. The van der Waals surface area contributed by atoms with Crippen molar-refractivity contribution in [2.24, 2.45) is 0 Å². The molecule has 3 aromatic rings. The van der Waals surface area contributed by atoms with E-state index in [1.807, 2.05) is 17.0 Å². The Morgan fingerprint density at radius 2 is 2.12 bits per heavy atom. The Bertz CT molecular complexity index is 805. The summed E-state index contributed by atoms with van der Waals surface area (Å²) in [5.41, 5.74) is 0.894. The zero-order valence-electron chi connectivity index (χ0n) is 13.1. The Balaban J connectivity index is 1.41. The summed E-state index contributed by atoms with van der Waals surface area (Å²) in [6.45, 7) is 1.38. The van der Waals surface area contributed by atoms with Crippen LogP contribution in [0.3, 0.4) is 0 Å². The highest BCUT2D eigenvalue weighted by molar-refractivity contribution is 5.91. The Kier molecular flexibility index (Phi) is 3.82. The van der Waals surface area contributed by atoms with Crippen molar-refractivity contribution in [1.29, 1.82) is 0 Å². The monoisotopic (exact) mass is 323 g/mol. The standard InChI is InChI=1S/C17H17N5O2/c23-17(14-4-2-10-24-14)22-8-5-12(6-9-22)15-19-16(21-20-15)13-3-1-7-18-11-13/h1-4,7,10-12H,5-6,8-9H2,(H,19,20,21). The molecule has 0 radical (unpaired) electrons. The number of hydrogen-bond donors (Lipinski definition) is 1. The van der Waals surface area contributed by atoms with Gasteiger partial charge in [0, 0.05) is 37.0 Å². The lowest BCUT2D eigenvalue weighted by Gasteiger charge is -2.30. The number of H-pyrrole nitrogens is 1. The molecule has 1 N–H and O–H groups in total. The van der Waals surface area contributed by atoms with Crippen LogP contribution in [0.25, 0.3) is 11.4 Å². The number of aromatic nitrogens is 4. The van der Waals surface area contributed by atoms with E-state index in [1.54, 1.807) is 24.5 Å². The number of carbonyl (C=O) groups excluding carboxylic acids is 1. The number of nitrogens with zero attached hydrogens (tertiary/aromatic N) is 4. The van der Waals surface area contributed by atoms with Gasteiger partial charge in [-0.15, -0.1) is 0 Å². The second-order valence-corrected chi connectivity index (χ2v) is 5.83. The van der Waals surface area contributed by atoms with Gasteiger partial charge in [-0.3, -0.25) is 14.9 Å². The minimum atomic E-state index is -0.0490. The predicted octanol–water partition coefficient (Wildman–Crippen LogP) is 2.48. The number of piperidine rings is 1. The van der Waals surface area contributed by atoms with Crippen LogP contribution in [0.5, 0.6) is 0 Å². The third-order valence-corrected chi connectivity index (χ3v) is 4.32. The maximum absolute atomic E-state index is 12.3. The molecule has 0 bridgehead atoms. The van der Waals surface area contributed by atoms with Crippen LogP contribution in [-0.2, 0) is 0 Å². The number of nitrogens with one attached hydrogen (secondary N) is 1. The zero-order chi connectivity index (χ0) is 16.4. The van der Waals surface area contributed by atoms with Gasteiger partial charge in [0.15, 0.2) is 11.6 Å². The Morgan fingerprint density at radius 3 is 2.83 bits per heavy atom. The van der Waals surface area contributed by atoms with Crippen molar-refractivity contribution in [1.82, 2.24) is 25.1 Å². The average molecular weight is 323 g/mol. The minimum absolute atomic E-state index is 0.0490. The third-order valence-electron chi connectivity index (χ3n) is 4.32. The fourth-order valence-electron chi connectivity index (χ4n) is 2.99. The number of likely N-dealkylation sites (tertiary alicyclic amines) is 1. The SMILES string of the molecule is O=C(c1ccco1)N1CCC(c2nc(-c3cccnc3)n[nH]2)CC1. The van der Waals surface area contributed by atoms with E-state index in [2.05, 4.69) is 20.2 Å². The van der Waals surface area contributed by atoms with Gasteiger partial charge in [-0.1, -0.05) is 0 Å². The molecule has 1 fully saturated rings. The Morgan fingerprint density at radius 1 is 1.25 bits per heavy atom. The molecule has 1 amide bonds. The number of pyridine rings is 1. The van der Waals surface area contributed by atoms with Crippen LogP contribution >= 0.6 is 0 Å². The Labute approximate surface area is 138 Å². The molecule has 0 aliphatic carbocycles. The normalized spacial score (nSPS) is 15.6. The molecule has 1 aliphatic heterocycles. The van der Waals surface area contributed by atoms with Crippen LogP contribution in [0.4, 0.5) is 0 Å². The van der Waals surface area contributed by atoms with E-state index in [1.165, 1.54) is 6.26 Å². The summed E-state index contributed by atoms with van der Waals surface area (Å²) >= 11 is 0. The quantitative estimate of drug-likeness (QED) is 0.800. The van der Waals surface area contributed by atoms with Gasteiger partial charge in [-0.05, 0) is 37.1 Å². The molecular formula is C17H17N5O2. The molecule has 3 aromatic heterocycles. The minimum Gasteiger partial charge on any atom is -0.459 e. The van der Waals surface area contributed by atoms with Crippen molar-refractivity contribution in [3.63, 3.8) is 0 Å². The van der Waals surface area contributed by atoms with Gasteiger partial charge in [-0.2, -0.15) is 5.10 Å².